The smallest absolute Gasteiger partial charge is 0.410 e. The number of hydrogen-bond donors (Lipinski definition) is 1. The molecule has 1 saturated heterocycles. The van der Waals surface area contributed by atoms with Crippen LogP contribution in [-0.2, 0) is 16.7 Å². The highest BCUT2D eigenvalue weighted by Gasteiger charge is 2.50. The first-order chi connectivity index (χ1) is 13.7. The van der Waals surface area contributed by atoms with Crippen LogP contribution in [0.3, 0.4) is 0 Å². The van der Waals surface area contributed by atoms with Crippen LogP contribution in [0.15, 0.2) is 40.2 Å². The lowest BCUT2D eigenvalue weighted by Gasteiger charge is -2.45. The van der Waals surface area contributed by atoms with Gasteiger partial charge in [-0.05, 0) is 48.3 Å². The number of halogens is 1. The van der Waals surface area contributed by atoms with Gasteiger partial charge in [-0.1, -0.05) is 24.3 Å². The molecule has 1 aliphatic carbocycles. The standard InChI is InChI=1S/C22H26BrN3O2S/c1-21(2,3)28-20(27)25-8-10-26(11-9-25)22(18-12-16(23)14-29-18)13-15-6-4-5-7-17(15)19(22)24/h4-7,12,14,24H,8-11,13H2,1-3H3. The minimum Gasteiger partial charge on any atom is -0.444 e. The zero-order chi connectivity index (χ0) is 20.8. The van der Waals surface area contributed by atoms with Crippen LogP contribution in [-0.4, -0.2) is 53.4 Å². The fourth-order valence-electron chi connectivity index (χ4n) is 4.27. The average Bonchev–Trinajstić information content (AvgIpc) is 3.23. The van der Waals surface area contributed by atoms with E-state index in [0.29, 0.717) is 31.9 Å². The fraction of sp³-hybridized carbons (Fsp3) is 0.455. The summed E-state index contributed by atoms with van der Waals surface area (Å²) < 4.78 is 6.59. The number of carbonyl (C=O) groups excluding carboxylic acids is 1. The van der Waals surface area contributed by atoms with Crippen molar-refractivity contribution in [1.82, 2.24) is 9.80 Å². The van der Waals surface area contributed by atoms with E-state index in [4.69, 9.17) is 10.1 Å². The van der Waals surface area contributed by atoms with Gasteiger partial charge in [-0.2, -0.15) is 0 Å². The maximum absolute atomic E-state index is 12.5. The van der Waals surface area contributed by atoms with Gasteiger partial charge in [0.05, 0.1) is 5.71 Å². The third kappa shape index (κ3) is 3.76. The maximum atomic E-state index is 12.5. The highest BCUT2D eigenvalue weighted by molar-refractivity contribution is 9.10. The van der Waals surface area contributed by atoms with Gasteiger partial charge in [0.2, 0.25) is 0 Å². The number of nitrogens with zero attached hydrogens (tertiary/aromatic N) is 2. The van der Waals surface area contributed by atoms with Crippen LogP contribution in [0.25, 0.3) is 0 Å². The molecule has 1 fully saturated rings. The van der Waals surface area contributed by atoms with E-state index >= 15 is 0 Å². The predicted molar refractivity (Wildman–Crippen MR) is 120 cm³/mol. The predicted octanol–water partition coefficient (Wildman–Crippen LogP) is 4.88. The van der Waals surface area contributed by atoms with Crippen molar-refractivity contribution in [2.24, 2.45) is 0 Å². The number of fused-ring (bicyclic) bond motifs is 1. The molecule has 0 saturated carbocycles. The minimum atomic E-state index is -0.492. The zero-order valence-electron chi connectivity index (χ0n) is 17.0. The Morgan fingerprint density at radius 1 is 1.21 bits per heavy atom. The summed E-state index contributed by atoms with van der Waals surface area (Å²) in [5.74, 6) is 0. The fourth-order valence-corrected chi connectivity index (χ4v) is 5.93. The molecule has 1 aromatic carbocycles. The average molecular weight is 476 g/mol. The van der Waals surface area contributed by atoms with Gasteiger partial charge < -0.3 is 15.0 Å². The van der Waals surface area contributed by atoms with Gasteiger partial charge in [0.15, 0.2) is 0 Å². The SMILES string of the molecule is CC(C)(C)OC(=O)N1CCN(C2(c3cc(Br)cs3)Cc3ccccc3C2=N)CC1. The van der Waals surface area contributed by atoms with Crippen molar-refractivity contribution < 1.29 is 9.53 Å². The Balaban J connectivity index is 1.61. The second-order valence-electron chi connectivity index (χ2n) is 8.65. The van der Waals surface area contributed by atoms with Crippen molar-refractivity contribution in [3.63, 3.8) is 0 Å². The molecule has 1 N–H and O–H groups in total. The van der Waals surface area contributed by atoms with E-state index in [1.807, 2.05) is 32.9 Å². The van der Waals surface area contributed by atoms with Crippen LogP contribution in [0.1, 0.15) is 36.8 Å². The molecule has 1 aliphatic heterocycles. The van der Waals surface area contributed by atoms with E-state index in [9.17, 15) is 4.79 Å². The lowest BCUT2D eigenvalue weighted by molar-refractivity contribution is 0.00607. The van der Waals surface area contributed by atoms with Crippen LogP contribution in [0, 0.1) is 5.41 Å². The summed E-state index contributed by atoms with van der Waals surface area (Å²) in [7, 11) is 0. The van der Waals surface area contributed by atoms with Gasteiger partial charge in [-0.15, -0.1) is 11.3 Å². The third-order valence-corrected chi connectivity index (χ3v) is 7.43. The highest BCUT2D eigenvalue weighted by Crippen LogP contribution is 2.45. The van der Waals surface area contributed by atoms with Gasteiger partial charge in [0.25, 0.3) is 0 Å². The molecule has 2 heterocycles. The van der Waals surface area contributed by atoms with Crippen LogP contribution in [0.5, 0.6) is 0 Å². The molecule has 4 rings (SSSR count). The van der Waals surface area contributed by atoms with Crippen LogP contribution >= 0.6 is 27.3 Å². The Morgan fingerprint density at radius 2 is 1.90 bits per heavy atom. The number of thiophene rings is 1. The summed E-state index contributed by atoms with van der Waals surface area (Å²) in [6.07, 6.45) is 0.538. The number of hydrogen-bond acceptors (Lipinski definition) is 5. The van der Waals surface area contributed by atoms with Crippen molar-refractivity contribution in [3.8, 4) is 0 Å². The van der Waals surface area contributed by atoms with Crippen molar-refractivity contribution >= 4 is 39.1 Å². The van der Waals surface area contributed by atoms with Gasteiger partial charge in [0.1, 0.15) is 11.1 Å². The van der Waals surface area contributed by atoms with E-state index in [1.165, 1.54) is 10.4 Å². The Kier molecular flexibility index (Phi) is 5.34. The third-order valence-electron chi connectivity index (χ3n) is 5.59. The van der Waals surface area contributed by atoms with Crippen LogP contribution in [0.4, 0.5) is 4.79 Å². The van der Waals surface area contributed by atoms with Crippen molar-refractivity contribution in [1.29, 1.82) is 5.41 Å². The maximum Gasteiger partial charge on any atom is 0.410 e. The molecule has 1 aromatic heterocycles. The molecule has 154 valence electrons. The van der Waals surface area contributed by atoms with E-state index in [0.717, 1.165) is 16.5 Å². The van der Waals surface area contributed by atoms with E-state index in [-0.39, 0.29) is 6.09 Å². The summed E-state index contributed by atoms with van der Waals surface area (Å²) in [6, 6.07) is 10.4. The lowest BCUT2D eigenvalue weighted by atomic mass is 9.88. The van der Waals surface area contributed by atoms with E-state index in [2.05, 4.69) is 44.4 Å². The molecular formula is C22H26BrN3O2S. The molecule has 29 heavy (non-hydrogen) atoms. The Bertz CT molecular complexity index is 944. The summed E-state index contributed by atoms with van der Waals surface area (Å²) in [5.41, 5.74) is 1.95. The second-order valence-corrected chi connectivity index (χ2v) is 10.5. The molecule has 5 nitrogen and oxygen atoms in total. The molecule has 0 bridgehead atoms. The largest absolute Gasteiger partial charge is 0.444 e. The first-order valence-electron chi connectivity index (χ1n) is 9.85. The van der Waals surface area contributed by atoms with Gasteiger partial charge in [-0.3, -0.25) is 4.90 Å². The van der Waals surface area contributed by atoms with Crippen LogP contribution in [0.2, 0.25) is 0 Å². The molecule has 1 unspecified atom stereocenters. The number of amides is 1. The minimum absolute atomic E-state index is 0.255. The van der Waals surface area contributed by atoms with Crippen LogP contribution < -0.4 is 0 Å². The molecule has 0 spiro atoms. The van der Waals surface area contributed by atoms with E-state index < -0.39 is 11.1 Å². The number of piperazine rings is 1. The molecule has 2 aromatic rings. The molecule has 1 amide bonds. The molecular weight excluding hydrogens is 450 g/mol. The van der Waals surface area contributed by atoms with Crippen molar-refractivity contribution in [2.45, 2.75) is 38.3 Å². The Hall–Kier alpha value is -1.70. The monoisotopic (exact) mass is 475 g/mol. The van der Waals surface area contributed by atoms with Gasteiger partial charge >= 0.3 is 6.09 Å². The molecule has 2 aliphatic rings. The molecule has 0 radical (unpaired) electrons. The lowest BCUT2D eigenvalue weighted by Crippen LogP contribution is -2.59. The number of ether oxygens (including phenoxy) is 1. The van der Waals surface area contributed by atoms with Gasteiger partial charge in [-0.25, -0.2) is 4.79 Å². The first-order valence-corrected chi connectivity index (χ1v) is 11.5. The second kappa shape index (κ2) is 7.52. The van der Waals surface area contributed by atoms with Gasteiger partial charge in [0, 0.05) is 52.9 Å². The Labute approximate surface area is 184 Å². The number of rotatable bonds is 2. The summed E-state index contributed by atoms with van der Waals surface area (Å²) >= 11 is 5.29. The quantitative estimate of drug-likeness (QED) is 0.672. The Morgan fingerprint density at radius 3 is 2.48 bits per heavy atom. The zero-order valence-corrected chi connectivity index (χ0v) is 19.4. The summed E-state index contributed by atoms with van der Waals surface area (Å²) in [4.78, 5) is 17.8. The van der Waals surface area contributed by atoms with Crippen molar-refractivity contribution in [3.05, 3.63) is 56.2 Å². The molecule has 7 heteroatoms. The normalized spacial score (nSPS) is 22.6. The topological polar surface area (TPSA) is 56.6 Å². The van der Waals surface area contributed by atoms with Crippen molar-refractivity contribution in [2.75, 3.05) is 26.2 Å². The first kappa shape index (κ1) is 20.6. The van der Waals surface area contributed by atoms with E-state index in [1.54, 1.807) is 16.2 Å². The number of benzene rings is 1. The number of nitrogens with one attached hydrogen (secondary N) is 1. The molecule has 1 atom stereocenters. The summed E-state index contributed by atoms with van der Waals surface area (Å²) in [6.45, 7) is 8.31. The summed E-state index contributed by atoms with van der Waals surface area (Å²) in [5, 5.41) is 11.2. The number of carbonyl (C=O) groups is 1. The highest BCUT2D eigenvalue weighted by atomic mass is 79.9.